The molecule has 0 aromatic heterocycles. The molecule has 1 atom stereocenters. The summed E-state index contributed by atoms with van der Waals surface area (Å²) >= 11 is 0. The minimum atomic E-state index is -0.718. The van der Waals surface area contributed by atoms with Gasteiger partial charge in [-0.05, 0) is 48.4 Å². The second kappa shape index (κ2) is 8.47. The number of carbonyl (C=O) groups excluding carboxylic acids is 2. The minimum Gasteiger partial charge on any atom is -0.507 e. The maximum Gasteiger partial charge on any atom is 0.295 e. The molecule has 0 aliphatic carbocycles. The number of Topliss-reactive ketones (excluding diaryl/α,β-unsaturated/α-hetero) is 1. The highest BCUT2D eigenvalue weighted by molar-refractivity contribution is 6.46. The molecule has 152 valence electrons. The summed E-state index contributed by atoms with van der Waals surface area (Å²) in [6.07, 6.45) is 1.61. The van der Waals surface area contributed by atoms with Gasteiger partial charge in [-0.3, -0.25) is 9.59 Å². The smallest absolute Gasteiger partial charge is 0.295 e. The molecule has 29 heavy (non-hydrogen) atoms. The van der Waals surface area contributed by atoms with Gasteiger partial charge in [-0.15, -0.1) is 0 Å². The van der Waals surface area contributed by atoms with Crippen molar-refractivity contribution in [2.24, 2.45) is 0 Å². The molecule has 5 nitrogen and oxygen atoms in total. The van der Waals surface area contributed by atoms with Gasteiger partial charge in [0.05, 0.1) is 11.6 Å². The molecule has 1 amide bonds. The molecule has 3 rings (SSSR count). The summed E-state index contributed by atoms with van der Waals surface area (Å²) in [5.74, 6) is -2.07. The summed E-state index contributed by atoms with van der Waals surface area (Å²) in [7, 11) is 3.85. The normalized spacial score (nSPS) is 18.3. The van der Waals surface area contributed by atoms with Crippen molar-refractivity contribution in [3.8, 4) is 0 Å². The highest BCUT2D eigenvalue weighted by Gasteiger charge is 2.45. The topological polar surface area (TPSA) is 60.9 Å². The first kappa shape index (κ1) is 20.6. The highest BCUT2D eigenvalue weighted by atomic mass is 19.1. The first-order chi connectivity index (χ1) is 13.8. The van der Waals surface area contributed by atoms with Crippen LogP contribution in [0.25, 0.3) is 5.76 Å². The van der Waals surface area contributed by atoms with E-state index < -0.39 is 23.5 Å². The molecule has 1 N–H and O–H groups in total. The number of aliphatic hydroxyl groups excluding tert-OH is 1. The van der Waals surface area contributed by atoms with Gasteiger partial charge in [0.25, 0.3) is 11.7 Å². The van der Waals surface area contributed by atoms with E-state index in [4.69, 9.17) is 0 Å². The Kier molecular flexibility index (Phi) is 6.01. The Morgan fingerprint density at radius 1 is 1.07 bits per heavy atom. The lowest BCUT2D eigenvalue weighted by molar-refractivity contribution is -0.139. The van der Waals surface area contributed by atoms with Gasteiger partial charge < -0.3 is 14.9 Å². The first-order valence-corrected chi connectivity index (χ1v) is 9.66. The second-order valence-corrected chi connectivity index (χ2v) is 7.34. The number of amides is 1. The number of rotatable bonds is 6. The van der Waals surface area contributed by atoms with Crippen molar-refractivity contribution in [3.05, 3.63) is 71.0 Å². The molecule has 1 heterocycles. The number of aliphatic hydroxyl groups is 1. The summed E-state index contributed by atoms with van der Waals surface area (Å²) in [6.45, 7) is 2.43. The zero-order valence-corrected chi connectivity index (χ0v) is 16.9. The number of carbonyl (C=O) groups is 2. The quantitative estimate of drug-likeness (QED) is 0.453. The van der Waals surface area contributed by atoms with Crippen LogP contribution in [0.4, 0.5) is 10.1 Å². The minimum absolute atomic E-state index is 0.0373. The lowest BCUT2D eigenvalue weighted by Gasteiger charge is -2.25. The zero-order chi connectivity index (χ0) is 21.1. The fourth-order valence-electron chi connectivity index (χ4n) is 3.50. The van der Waals surface area contributed by atoms with Crippen LogP contribution < -0.4 is 4.90 Å². The summed E-state index contributed by atoms with van der Waals surface area (Å²) < 4.78 is 13.3. The van der Waals surface area contributed by atoms with Crippen LogP contribution in [0.3, 0.4) is 0 Å². The number of ketones is 1. The van der Waals surface area contributed by atoms with E-state index in [-0.39, 0.29) is 11.3 Å². The van der Waals surface area contributed by atoms with Gasteiger partial charge in [0.1, 0.15) is 11.6 Å². The third-order valence-corrected chi connectivity index (χ3v) is 5.14. The molecular weight excluding hydrogens is 371 g/mol. The lowest BCUT2D eigenvalue weighted by atomic mass is 9.95. The van der Waals surface area contributed by atoms with Gasteiger partial charge in [0, 0.05) is 31.9 Å². The van der Waals surface area contributed by atoms with Gasteiger partial charge in [0.15, 0.2) is 0 Å². The number of anilines is 1. The molecule has 1 fully saturated rings. The van der Waals surface area contributed by atoms with Crippen molar-refractivity contribution in [2.45, 2.75) is 25.8 Å². The summed E-state index contributed by atoms with van der Waals surface area (Å²) in [4.78, 5) is 29.0. The molecule has 1 saturated heterocycles. The number of benzene rings is 2. The Morgan fingerprint density at radius 3 is 2.24 bits per heavy atom. The molecule has 0 bridgehead atoms. The summed E-state index contributed by atoms with van der Waals surface area (Å²) in [5, 5.41) is 10.9. The van der Waals surface area contributed by atoms with Crippen molar-refractivity contribution < 1.29 is 19.1 Å². The Morgan fingerprint density at radius 2 is 1.69 bits per heavy atom. The van der Waals surface area contributed by atoms with Crippen LogP contribution in [-0.2, 0) is 9.59 Å². The molecule has 0 saturated carbocycles. The third kappa shape index (κ3) is 4.01. The molecule has 1 aliphatic heterocycles. The maximum atomic E-state index is 13.3. The van der Waals surface area contributed by atoms with Crippen molar-refractivity contribution >= 4 is 23.1 Å². The fraction of sp³-hybridized carbons (Fsp3) is 0.304. The Bertz CT molecular complexity index is 934. The number of hydrogen-bond donors (Lipinski definition) is 1. The Balaban J connectivity index is 2.13. The molecule has 1 unspecified atom stereocenters. The summed E-state index contributed by atoms with van der Waals surface area (Å²) in [6, 6.07) is 12.1. The fourth-order valence-corrected chi connectivity index (χ4v) is 3.50. The van der Waals surface area contributed by atoms with Crippen molar-refractivity contribution in [1.82, 2.24) is 4.90 Å². The number of nitrogens with zero attached hydrogens (tertiary/aromatic N) is 2. The van der Waals surface area contributed by atoms with E-state index in [0.29, 0.717) is 12.1 Å². The predicted molar refractivity (Wildman–Crippen MR) is 111 cm³/mol. The largest absolute Gasteiger partial charge is 0.507 e. The molecule has 0 spiro atoms. The zero-order valence-electron chi connectivity index (χ0n) is 16.9. The SMILES string of the molecule is CCCCN1C(=O)C(=O)/C(=C(\O)c2ccc(F)cc2)C1c1ccc(N(C)C)cc1. The van der Waals surface area contributed by atoms with Crippen LogP contribution >= 0.6 is 0 Å². The lowest BCUT2D eigenvalue weighted by Crippen LogP contribution is -2.30. The van der Waals surface area contributed by atoms with E-state index in [1.54, 1.807) is 0 Å². The van der Waals surface area contributed by atoms with Crippen LogP contribution in [-0.4, -0.2) is 42.3 Å². The maximum absolute atomic E-state index is 13.3. The number of halogens is 1. The Hall–Kier alpha value is -3.15. The van der Waals surface area contributed by atoms with E-state index in [1.165, 1.54) is 29.2 Å². The Labute approximate surface area is 170 Å². The number of unbranched alkanes of at least 4 members (excludes halogenated alkanes) is 1. The van der Waals surface area contributed by atoms with Gasteiger partial charge >= 0.3 is 0 Å². The molecular formula is C23H25FN2O3. The van der Waals surface area contributed by atoms with Crippen LogP contribution in [0.2, 0.25) is 0 Å². The van der Waals surface area contributed by atoms with Gasteiger partial charge in [-0.2, -0.15) is 0 Å². The van der Waals surface area contributed by atoms with Crippen molar-refractivity contribution in [1.29, 1.82) is 0 Å². The molecule has 2 aromatic rings. The van der Waals surface area contributed by atoms with E-state index in [1.807, 2.05) is 50.2 Å². The predicted octanol–water partition coefficient (Wildman–Crippen LogP) is 4.11. The molecule has 0 radical (unpaired) electrons. The van der Waals surface area contributed by atoms with Crippen LogP contribution in [0, 0.1) is 5.82 Å². The molecule has 6 heteroatoms. The van der Waals surface area contributed by atoms with Crippen LogP contribution in [0.15, 0.2) is 54.1 Å². The van der Waals surface area contributed by atoms with Gasteiger partial charge in [-0.25, -0.2) is 4.39 Å². The van der Waals surface area contributed by atoms with Gasteiger partial charge in [-0.1, -0.05) is 25.5 Å². The van der Waals surface area contributed by atoms with Crippen LogP contribution in [0.5, 0.6) is 0 Å². The van der Waals surface area contributed by atoms with Crippen molar-refractivity contribution in [2.75, 3.05) is 25.5 Å². The van der Waals surface area contributed by atoms with E-state index in [2.05, 4.69) is 0 Å². The van der Waals surface area contributed by atoms with Gasteiger partial charge in [0.2, 0.25) is 0 Å². The first-order valence-electron chi connectivity index (χ1n) is 9.66. The van der Waals surface area contributed by atoms with E-state index in [9.17, 15) is 19.1 Å². The standard InChI is InChI=1S/C23H25FN2O3/c1-4-5-14-26-20(15-8-12-18(13-9-15)25(2)3)19(22(28)23(26)29)21(27)16-6-10-17(24)11-7-16/h6-13,20,27H,4-5,14H2,1-3H3/b21-19-. The average molecular weight is 396 g/mol. The third-order valence-electron chi connectivity index (χ3n) is 5.14. The number of likely N-dealkylation sites (tertiary alicyclic amines) is 1. The summed E-state index contributed by atoms with van der Waals surface area (Å²) in [5.41, 5.74) is 2.07. The van der Waals surface area contributed by atoms with Crippen LogP contribution in [0.1, 0.15) is 36.9 Å². The second-order valence-electron chi connectivity index (χ2n) is 7.34. The van der Waals surface area contributed by atoms with E-state index in [0.717, 1.165) is 24.1 Å². The number of hydrogen-bond acceptors (Lipinski definition) is 4. The van der Waals surface area contributed by atoms with E-state index >= 15 is 0 Å². The highest BCUT2D eigenvalue weighted by Crippen LogP contribution is 2.39. The molecule has 2 aromatic carbocycles. The average Bonchev–Trinajstić information content (AvgIpc) is 2.97. The van der Waals surface area contributed by atoms with Crippen molar-refractivity contribution in [3.63, 3.8) is 0 Å². The monoisotopic (exact) mass is 396 g/mol. The molecule has 1 aliphatic rings.